The van der Waals surface area contributed by atoms with Crippen LogP contribution in [0, 0.1) is 4.77 Å². The van der Waals surface area contributed by atoms with E-state index in [9.17, 15) is 22.0 Å². The van der Waals surface area contributed by atoms with Gasteiger partial charge in [-0.05, 0) is 25.1 Å². The van der Waals surface area contributed by atoms with Gasteiger partial charge in [0.1, 0.15) is 0 Å². The van der Waals surface area contributed by atoms with Crippen LogP contribution in [0.25, 0.3) is 0 Å². The van der Waals surface area contributed by atoms with E-state index in [1.807, 2.05) is 5.10 Å². The Hall–Kier alpha value is -0.990. The van der Waals surface area contributed by atoms with Gasteiger partial charge < -0.3 is 0 Å². The number of aromatic amines is 1. The molecule has 2 rings (SSSR count). The first-order valence-corrected chi connectivity index (χ1v) is 4.78. The van der Waals surface area contributed by atoms with Gasteiger partial charge in [0.2, 0.25) is 5.82 Å². The van der Waals surface area contributed by atoms with Gasteiger partial charge in [-0.1, -0.05) is 0 Å². The van der Waals surface area contributed by atoms with Gasteiger partial charge in [-0.25, -0.2) is 0 Å². The lowest BCUT2D eigenvalue weighted by atomic mass is 10.3. The Morgan fingerprint density at radius 3 is 2.25 bits per heavy atom. The van der Waals surface area contributed by atoms with Crippen LogP contribution in [0.5, 0.6) is 0 Å². The minimum absolute atomic E-state index is 0.207. The number of nitrogens with zero attached hydrogens (tertiary/aromatic N) is 2. The highest BCUT2D eigenvalue weighted by Gasteiger charge is 2.62. The first kappa shape index (κ1) is 11.5. The van der Waals surface area contributed by atoms with Crippen molar-refractivity contribution in [3.63, 3.8) is 0 Å². The van der Waals surface area contributed by atoms with Gasteiger partial charge in [-0.2, -0.15) is 27.1 Å². The van der Waals surface area contributed by atoms with E-state index >= 15 is 0 Å². The molecule has 1 N–H and O–H groups in total. The number of halogens is 5. The molecule has 0 unspecified atom stereocenters. The zero-order valence-corrected chi connectivity index (χ0v) is 8.50. The van der Waals surface area contributed by atoms with E-state index in [-0.39, 0.29) is 4.77 Å². The number of H-pyrrole nitrogens is 1. The molecule has 0 saturated heterocycles. The fourth-order valence-corrected chi connectivity index (χ4v) is 1.61. The Labute approximate surface area is 91.3 Å². The fourth-order valence-electron chi connectivity index (χ4n) is 1.32. The molecule has 16 heavy (non-hydrogen) atoms. The molecule has 1 heterocycles. The molecule has 0 radical (unpaired) electrons. The molecule has 1 fully saturated rings. The summed E-state index contributed by atoms with van der Waals surface area (Å²) in [6.45, 7) is 0. The van der Waals surface area contributed by atoms with Crippen molar-refractivity contribution >= 4 is 12.2 Å². The lowest BCUT2D eigenvalue weighted by Crippen LogP contribution is -2.36. The smallest absolute Gasteiger partial charge is 0.296 e. The van der Waals surface area contributed by atoms with Crippen LogP contribution in [-0.4, -0.2) is 20.9 Å². The topological polar surface area (TPSA) is 33.6 Å². The molecule has 90 valence electrons. The van der Waals surface area contributed by atoms with E-state index in [2.05, 4.69) is 17.3 Å². The van der Waals surface area contributed by atoms with E-state index in [0.717, 1.165) is 4.57 Å². The second-order valence-electron chi connectivity index (χ2n) is 3.53. The summed E-state index contributed by atoms with van der Waals surface area (Å²) < 4.78 is 63.1. The van der Waals surface area contributed by atoms with Gasteiger partial charge in [0.25, 0.3) is 0 Å². The van der Waals surface area contributed by atoms with Gasteiger partial charge in [0.05, 0.1) is 0 Å². The number of rotatable bonds is 2. The minimum Gasteiger partial charge on any atom is -0.296 e. The predicted octanol–water partition coefficient (Wildman–Crippen LogP) is 2.93. The molecule has 0 atom stereocenters. The molecular formula is C7H6F5N3S. The third-order valence-corrected chi connectivity index (χ3v) is 2.54. The number of aromatic nitrogens is 3. The third kappa shape index (κ3) is 1.62. The SMILES string of the molecule is FC(F)(F)C(F)(F)c1n[nH]c(=S)n1C1CC1. The van der Waals surface area contributed by atoms with Gasteiger partial charge in [-0.3, -0.25) is 9.67 Å². The molecule has 1 aromatic heterocycles. The molecule has 1 aliphatic carbocycles. The maximum absolute atomic E-state index is 13.1. The predicted molar refractivity (Wildman–Crippen MR) is 45.6 cm³/mol. The Morgan fingerprint density at radius 1 is 1.25 bits per heavy atom. The van der Waals surface area contributed by atoms with Crippen LogP contribution in [0.15, 0.2) is 0 Å². The summed E-state index contributed by atoms with van der Waals surface area (Å²) in [5, 5.41) is 4.96. The van der Waals surface area contributed by atoms with Crippen molar-refractivity contribution in [2.75, 3.05) is 0 Å². The van der Waals surface area contributed by atoms with Crippen molar-refractivity contribution in [2.24, 2.45) is 0 Å². The Balaban J connectivity index is 2.52. The van der Waals surface area contributed by atoms with Crippen molar-refractivity contribution < 1.29 is 22.0 Å². The normalized spacial score (nSPS) is 17.8. The van der Waals surface area contributed by atoms with Crippen LogP contribution in [0.3, 0.4) is 0 Å². The molecule has 0 amide bonds. The standard InChI is InChI=1S/C7H6F5N3S/c8-6(9,7(10,11)12)4-13-14-5(16)15(4)3-1-2-3/h3H,1-2H2,(H,14,16). The average Bonchev–Trinajstić information content (AvgIpc) is 2.88. The molecule has 0 aromatic carbocycles. The number of hydrogen-bond donors (Lipinski definition) is 1. The van der Waals surface area contributed by atoms with Gasteiger partial charge >= 0.3 is 12.1 Å². The highest BCUT2D eigenvalue weighted by Crippen LogP contribution is 2.46. The molecule has 0 aliphatic heterocycles. The minimum atomic E-state index is -5.67. The van der Waals surface area contributed by atoms with Crippen LogP contribution in [0.4, 0.5) is 22.0 Å². The monoisotopic (exact) mass is 259 g/mol. The summed E-state index contributed by atoms with van der Waals surface area (Å²) in [5.74, 6) is -6.34. The maximum Gasteiger partial charge on any atom is 0.461 e. The van der Waals surface area contributed by atoms with Crippen molar-refractivity contribution in [1.29, 1.82) is 0 Å². The average molecular weight is 259 g/mol. The number of hydrogen-bond acceptors (Lipinski definition) is 2. The van der Waals surface area contributed by atoms with Crippen molar-refractivity contribution in [3.8, 4) is 0 Å². The van der Waals surface area contributed by atoms with Gasteiger partial charge in [0, 0.05) is 6.04 Å². The zero-order chi connectivity index (χ0) is 12.1. The zero-order valence-electron chi connectivity index (χ0n) is 7.68. The quantitative estimate of drug-likeness (QED) is 0.654. The Kier molecular flexibility index (Phi) is 2.34. The Bertz CT molecular complexity index is 455. The molecule has 1 saturated carbocycles. The summed E-state index contributed by atoms with van der Waals surface area (Å²) in [6, 6.07) is -0.394. The van der Waals surface area contributed by atoms with Gasteiger partial charge in [0.15, 0.2) is 4.77 Å². The van der Waals surface area contributed by atoms with Crippen LogP contribution >= 0.6 is 12.2 Å². The second-order valence-corrected chi connectivity index (χ2v) is 3.91. The molecular weight excluding hydrogens is 253 g/mol. The molecule has 9 heteroatoms. The van der Waals surface area contributed by atoms with Gasteiger partial charge in [-0.15, -0.1) is 0 Å². The summed E-state index contributed by atoms with van der Waals surface area (Å²) >= 11 is 4.63. The first-order chi connectivity index (χ1) is 7.25. The highest BCUT2D eigenvalue weighted by molar-refractivity contribution is 7.71. The van der Waals surface area contributed by atoms with Crippen molar-refractivity contribution in [1.82, 2.24) is 14.8 Å². The molecule has 1 aliphatic rings. The molecule has 0 bridgehead atoms. The lowest BCUT2D eigenvalue weighted by Gasteiger charge is -2.19. The molecule has 3 nitrogen and oxygen atoms in total. The summed E-state index contributed by atoms with van der Waals surface area (Å²) in [5.41, 5.74) is 0. The summed E-state index contributed by atoms with van der Waals surface area (Å²) in [4.78, 5) is 0. The van der Waals surface area contributed by atoms with E-state index in [1.165, 1.54) is 0 Å². The lowest BCUT2D eigenvalue weighted by molar-refractivity contribution is -0.293. The summed E-state index contributed by atoms with van der Waals surface area (Å²) in [6.07, 6.45) is -4.59. The van der Waals surface area contributed by atoms with Crippen LogP contribution in [0.1, 0.15) is 24.7 Å². The van der Waals surface area contributed by atoms with E-state index in [1.54, 1.807) is 0 Å². The summed E-state index contributed by atoms with van der Waals surface area (Å²) in [7, 11) is 0. The van der Waals surface area contributed by atoms with Crippen molar-refractivity contribution in [2.45, 2.75) is 31.0 Å². The van der Waals surface area contributed by atoms with Crippen LogP contribution < -0.4 is 0 Å². The largest absolute Gasteiger partial charge is 0.461 e. The third-order valence-electron chi connectivity index (χ3n) is 2.25. The highest BCUT2D eigenvalue weighted by atomic mass is 32.1. The van der Waals surface area contributed by atoms with Crippen LogP contribution in [-0.2, 0) is 5.92 Å². The van der Waals surface area contributed by atoms with E-state index in [0.29, 0.717) is 12.8 Å². The first-order valence-electron chi connectivity index (χ1n) is 4.37. The number of nitrogens with one attached hydrogen (secondary N) is 1. The fraction of sp³-hybridized carbons (Fsp3) is 0.714. The Morgan fingerprint density at radius 2 is 1.81 bits per heavy atom. The molecule has 0 spiro atoms. The maximum atomic E-state index is 13.1. The second kappa shape index (κ2) is 3.25. The van der Waals surface area contributed by atoms with E-state index < -0.39 is 24.0 Å². The van der Waals surface area contributed by atoms with Crippen LogP contribution in [0.2, 0.25) is 0 Å². The van der Waals surface area contributed by atoms with Crippen molar-refractivity contribution in [3.05, 3.63) is 10.6 Å². The van der Waals surface area contributed by atoms with E-state index in [4.69, 9.17) is 0 Å². The molecule has 1 aromatic rings. The number of alkyl halides is 5.